The van der Waals surface area contributed by atoms with Crippen LogP contribution in [0.15, 0.2) is 5.16 Å². The van der Waals surface area contributed by atoms with Gasteiger partial charge >= 0.3 is 0 Å². The lowest BCUT2D eigenvalue weighted by molar-refractivity contribution is -0.139. The molecule has 0 fully saturated rings. The number of amides is 2. The van der Waals surface area contributed by atoms with Crippen molar-refractivity contribution in [3.8, 4) is 0 Å². The number of hydrogen-bond acceptors (Lipinski definition) is 4. The van der Waals surface area contributed by atoms with Crippen LogP contribution >= 0.6 is 0 Å². The molecule has 1 aliphatic rings. The third-order valence-electron chi connectivity index (χ3n) is 1.87. The SMILES string of the molecule is CNC(=O)C1=NO[C@@H](C(=O)N(C)C)C1. The van der Waals surface area contributed by atoms with Gasteiger partial charge in [0.15, 0.2) is 0 Å². The number of nitrogens with zero attached hydrogens (tertiary/aromatic N) is 2. The highest BCUT2D eigenvalue weighted by molar-refractivity contribution is 6.39. The lowest BCUT2D eigenvalue weighted by atomic mass is 10.1. The van der Waals surface area contributed by atoms with Gasteiger partial charge in [0.1, 0.15) is 5.71 Å². The van der Waals surface area contributed by atoms with Crippen LogP contribution in [0.1, 0.15) is 6.42 Å². The number of hydrogen-bond donors (Lipinski definition) is 1. The van der Waals surface area contributed by atoms with Crippen molar-refractivity contribution >= 4 is 17.5 Å². The zero-order valence-electron chi connectivity index (χ0n) is 8.40. The largest absolute Gasteiger partial charge is 0.382 e. The van der Waals surface area contributed by atoms with E-state index in [1.807, 2.05) is 0 Å². The number of nitrogens with one attached hydrogen (secondary N) is 1. The first kappa shape index (κ1) is 10.5. The standard InChI is InChI=1S/C8H13N3O3/c1-9-7(12)5-4-6(14-10-5)8(13)11(2)3/h6H,4H2,1-3H3,(H,9,12)/t6-/m1/s1. The molecule has 1 atom stereocenters. The van der Waals surface area contributed by atoms with Crippen molar-refractivity contribution < 1.29 is 14.4 Å². The number of oxime groups is 1. The van der Waals surface area contributed by atoms with Crippen LogP contribution in [-0.2, 0) is 14.4 Å². The summed E-state index contributed by atoms with van der Waals surface area (Å²) in [7, 11) is 4.76. The Hall–Kier alpha value is -1.59. The first-order valence-corrected chi connectivity index (χ1v) is 4.22. The molecule has 0 aromatic rings. The van der Waals surface area contributed by atoms with Gasteiger partial charge in [-0.15, -0.1) is 0 Å². The molecule has 2 amide bonds. The fourth-order valence-electron chi connectivity index (χ4n) is 1.08. The molecule has 1 N–H and O–H groups in total. The highest BCUT2D eigenvalue weighted by Gasteiger charge is 2.31. The Bertz CT molecular complexity index is 286. The minimum absolute atomic E-state index is 0.187. The summed E-state index contributed by atoms with van der Waals surface area (Å²) in [6.07, 6.45) is -0.422. The van der Waals surface area contributed by atoms with Gasteiger partial charge in [-0.2, -0.15) is 0 Å². The molecule has 1 aliphatic heterocycles. The normalized spacial score (nSPS) is 19.6. The molecule has 1 heterocycles. The molecule has 0 bridgehead atoms. The van der Waals surface area contributed by atoms with Crippen LogP contribution in [-0.4, -0.2) is 49.7 Å². The Kier molecular flexibility index (Phi) is 3.06. The van der Waals surface area contributed by atoms with E-state index in [1.165, 1.54) is 11.9 Å². The highest BCUT2D eigenvalue weighted by Crippen LogP contribution is 2.12. The first-order valence-electron chi connectivity index (χ1n) is 4.22. The van der Waals surface area contributed by atoms with Crippen LogP contribution in [0.25, 0.3) is 0 Å². The van der Waals surface area contributed by atoms with Gasteiger partial charge in [0.05, 0.1) is 0 Å². The van der Waals surface area contributed by atoms with Gasteiger partial charge in [-0.1, -0.05) is 5.16 Å². The van der Waals surface area contributed by atoms with Gasteiger partial charge in [-0.25, -0.2) is 0 Å². The second-order valence-corrected chi connectivity index (χ2v) is 3.15. The summed E-state index contributed by atoms with van der Waals surface area (Å²) in [5.74, 6) is -0.494. The monoisotopic (exact) mass is 199 g/mol. The Balaban J connectivity index is 2.54. The third-order valence-corrected chi connectivity index (χ3v) is 1.87. The second-order valence-electron chi connectivity index (χ2n) is 3.15. The minimum Gasteiger partial charge on any atom is -0.382 e. The molecular weight excluding hydrogens is 186 g/mol. The van der Waals surface area contributed by atoms with E-state index in [2.05, 4.69) is 10.5 Å². The Morgan fingerprint density at radius 3 is 2.71 bits per heavy atom. The highest BCUT2D eigenvalue weighted by atomic mass is 16.6. The van der Waals surface area contributed by atoms with Gasteiger partial charge in [0.25, 0.3) is 11.8 Å². The van der Waals surface area contributed by atoms with Crippen molar-refractivity contribution in [2.75, 3.05) is 21.1 Å². The predicted octanol–water partition coefficient (Wildman–Crippen LogP) is -1.03. The van der Waals surface area contributed by atoms with Crippen molar-refractivity contribution in [2.24, 2.45) is 5.16 Å². The molecule has 0 unspecified atom stereocenters. The first-order chi connectivity index (χ1) is 6.56. The molecule has 0 aromatic heterocycles. The van der Waals surface area contributed by atoms with Gasteiger partial charge in [-0.3, -0.25) is 9.59 Å². The molecule has 1 rings (SSSR count). The molecule has 0 aromatic carbocycles. The van der Waals surface area contributed by atoms with Crippen molar-refractivity contribution in [3.63, 3.8) is 0 Å². The lowest BCUT2D eigenvalue weighted by Gasteiger charge is -2.13. The number of carbonyl (C=O) groups is 2. The van der Waals surface area contributed by atoms with Crippen LogP contribution in [0.2, 0.25) is 0 Å². The molecule has 0 aliphatic carbocycles. The van der Waals surface area contributed by atoms with E-state index in [0.717, 1.165) is 0 Å². The molecule has 78 valence electrons. The average molecular weight is 199 g/mol. The predicted molar refractivity (Wildman–Crippen MR) is 49.7 cm³/mol. The molecule has 6 heteroatoms. The fraction of sp³-hybridized carbons (Fsp3) is 0.625. The maximum absolute atomic E-state index is 11.4. The van der Waals surface area contributed by atoms with Crippen LogP contribution in [0, 0.1) is 0 Å². The van der Waals surface area contributed by atoms with E-state index in [-0.39, 0.29) is 23.9 Å². The molecule has 0 spiro atoms. The van der Waals surface area contributed by atoms with E-state index in [9.17, 15) is 9.59 Å². The molecular formula is C8H13N3O3. The molecule has 0 saturated heterocycles. The third kappa shape index (κ3) is 2.01. The van der Waals surface area contributed by atoms with Crippen molar-refractivity contribution in [2.45, 2.75) is 12.5 Å². The summed E-state index contributed by atoms with van der Waals surface area (Å²) < 4.78 is 0. The summed E-state index contributed by atoms with van der Waals surface area (Å²) in [6.45, 7) is 0. The van der Waals surface area contributed by atoms with Gasteiger partial charge in [0.2, 0.25) is 6.10 Å². The van der Waals surface area contributed by atoms with Gasteiger partial charge < -0.3 is 15.1 Å². The summed E-state index contributed by atoms with van der Waals surface area (Å²) >= 11 is 0. The number of rotatable bonds is 2. The Morgan fingerprint density at radius 1 is 1.57 bits per heavy atom. The second kappa shape index (κ2) is 4.08. The summed E-state index contributed by atoms with van der Waals surface area (Å²) in [5.41, 5.74) is 0.257. The fourth-order valence-corrected chi connectivity index (χ4v) is 1.08. The van der Waals surface area contributed by atoms with E-state index in [0.29, 0.717) is 0 Å². The van der Waals surface area contributed by atoms with Crippen LogP contribution in [0.5, 0.6) is 0 Å². The van der Waals surface area contributed by atoms with Gasteiger partial charge in [0, 0.05) is 27.6 Å². The summed E-state index contributed by atoms with van der Waals surface area (Å²) in [4.78, 5) is 28.8. The Labute approximate surface area is 81.9 Å². The van der Waals surface area contributed by atoms with Crippen LogP contribution in [0.3, 0.4) is 0 Å². The summed E-state index contributed by atoms with van der Waals surface area (Å²) in [6, 6.07) is 0. The van der Waals surface area contributed by atoms with E-state index in [4.69, 9.17) is 4.84 Å². The molecule has 14 heavy (non-hydrogen) atoms. The van der Waals surface area contributed by atoms with Crippen LogP contribution in [0.4, 0.5) is 0 Å². The summed E-state index contributed by atoms with van der Waals surface area (Å²) in [5, 5.41) is 5.97. The van der Waals surface area contributed by atoms with Gasteiger partial charge in [-0.05, 0) is 0 Å². The Morgan fingerprint density at radius 2 is 2.21 bits per heavy atom. The number of carbonyl (C=O) groups excluding carboxylic acids is 2. The molecule has 0 saturated carbocycles. The van der Waals surface area contributed by atoms with Crippen molar-refractivity contribution in [3.05, 3.63) is 0 Å². The maximum Gasteiger partial charge on any atom is 0.268 e. The average Bonchev–Trinajstić information content (AvgIpc) is 2.64. The molecule has 0 radical (unpaired) electrons. The van der Waals surface area contributed by atoms with Crippen molar-refractivity contribution in [1.82, 2.24) is 10.2 Å². The van der Waals surface area contributed by atoms with E-state index >= 15 is 0 Å². The van der Waals surface area contributed by atoms with Crippen molar-refractivity contribution in [1.29, 1.82) is 0 Å². The quantitative estimate of drug-likeness (QED) is 0.618. The minimum atomic E-state index is -0.655. The smallest absolute Gasteiger partial charge is 0.268 e. The zero-order chi connectivity index (χ0) is 10.7. The number of likely N-dealkylation sites (N-methyl/N-ethyl adjacent to an activating group) is 1. The van der Waals surface area contributed by atoms with Crippen LogP contribution < -0.4 is 5.32 Å². The maximum atomic E-state index is 11.4. The van der Waals surface area contributed by atoms with E-state index < -0.39 is 6.10 Å². The van der Waals surface area contributed by atoms with E-state index in [1.54, 1.807) is 14.1 Å². The topological polar surface area (TPSA) is 71.0 Å². The lowest BCUT2D eigenvalue weighted by Crippen LogP contribution is -2.35. The molecule has 6 nitrogen and oxygen atoms in total. The zero-order valence-corrected chi connectivity index (χ0v) is 8.40.